The molecule has 24 heavy (non-hydrogen) atoms. The Morgan fingerprint density at radius 1 is 1.29 bits per heavy atom. The van der Waals surface area contributed by atoms with Crippen molar-refractivity contribution in [1.29, 1.82) is 0 Å². The van der Waals surface area contributed by atoms with Crippen molar-refractivity contribution in [3.63, 3.8) is 0 Å². The summed E-state index contributed by atoms with van der Waals surface area (Å²) in [6.07, 6.45) is 3.25. The van der Waals surface area contributed by atoms with Crippen molar-refractivity contribution < 1.29 is 9.90 Å². The van der Waals surface area contributed by atoms with Gasteiger partial charge in [0.25, 0.3) is 0 Å². The van der Waals surface area contributed by atoms with Crippen LogP contribution in [0.1, 0.15) is 17.2 Å². The number of likely N-dealkylation sites (tertiary alicyclic amines) is 1. The number of amides is 1. The third-order valence-electron chi connectivity index (χ3n) is 4.16. The first-order valence-corrected chi connectivity index (χ1v) is 8.28. The molecule has 1 atom stereocenters. The number of phenolic OH excluding ortho intramolecular Hbond substituents is 1. The molecule has 0 spiro atoms. The second kappa shape index (κ2) is 6.97. The number of rotatable bonds is 4. The molecule has 1 fully saturated rings. The summed E-state index contributed by atoms with van der Waals surface area (Å²) in [5.41, 5.74) is 1.15. The zero-order valence-corrected chi connectivity index (χ0v) is 14.6. The van der Waals surface area contributed by atoms with Crippen LogP contribution in [0.3, 0.4) is 0 Å². The molecular formula is C17H17Cl2N3O2. The number of phenols is 1. The van der Waals surface area contributed by atoms with E-state index in [1.807, 2.05) is 7.05 Å². The summed E-state index contributed by atoms with van der Waals surface area (Å²) >= 11 is 12.4. The number of hydrogen-bond acceptors (Lipinski definition) is 4. The predicted octanol–water partition coefficient (Wildman–Crippen LogP) is 2.86. The minimum atomic E-state index is -0.599. The molecule has 3 rings (SSSR count). The molecule has 5 nitrogen and oxygen atoms in total. The van der Waals surface area contributed by atoms with Crippen LogP contribution in [0.5, 0.6) is 5.75 Å². The highest BCUT2D eigenvalue weighted by atomic mass is 35.5. The van der Waals surface area contributed by atoms with Gasteiger partial charge in [-0.3, -0.25) is 9.78 Å². The highest BCUT2D eigenvalue weighted by Gasteiger charge is 2.33. The van der Waals surface area contributed by atoms with Gasteiger partial charge >= 0.3 is 0 Å². The number of pyridine rings is 1. The van der Waals surface area contributed by atoms with Gasteiger partial charge in [0.1, 0.15) is 5.75 Å². The van der Waals surface area contributed by atoms with Gasteiger partial charge in [-0.2, -0.15) is 0 Å². The zero-order chi connectivity index (χ0) is 17.3. The molecule has 1 aliphatic rings. The number of aromatic hydroxyl groups is 1. The van der Waals surface area contributed by atoms with E-state index in [9.17, 15) is 9.90 Å². The number of halogens is 2. The maximum atomic E-state index is 12.5. The standard InChI is InChI=1S/C17H17Cl2N3O2/c1-22-8-11(9-22)17(24)21-16(10-4-6-20-7-5-10)14-13(23)3-2-12(18)15(14)19/h2-7,11,16,23H,8-9H2,1H3,(H,21,24)/t16-/m1/s1. The Bertz CT molecular complexity index is 749. The van der Waals surface area contributed by atoms with Crippen molar-refractivity contribution in [2.24, 2.45) is 5.92 Å². The smallest absolute Gasteiger partial charge is 0.226 e. The molecule has 0 saturated carbocycles. The van der Waals surface area contributed by atoms with Crippen molar-refractivity contribution in [3.8, 4) is 5.75 Å². The van der Waals surface area contributed by atoms with Gasteiger partial charge in [-0.1, -0.05) is 23.2 Å². The number of carbonyl (C=O) groups is 1. The Kier molecular flexibility index (Phi) is 4.94. The molecule has 2 N–H and O–H groups in total. The quantitative estimate of drug-likeness (QED) is 0.874. The Labute approximate surface area is 150 Å². The zero-order valence-electron chi connectivity index (χ0n) is 13.0. The second-order valence-corrected chi connectivity index (χ2v) is 6.72. The van der Waals surface area contributed by atoms with E-state index in [-0.39, 0.29) is 22.6 Å². The maximum Gasteiger partial charge on any atom is 0.226 e. The molecule has 2 aromatic rings. The predicted molar refractivity (Wildman–Crippen MR) is 93.3 cm³/mol. The monoisotopic (exact) mass is 365 g/mol. The van der Waals surface area contributed by atoms with Gasteiger partial charge in [0.05, 0.1) is 22.0 Å². The summed E-state index contributed by atoms with van der Waals surface area (Å²) < 4.78 is 0. The lowest BCUT2D eigenvalue weighted by Gasteiger charge is -2.36. The molecular weight excluding hydrogens is 349 g/mol. The average Bonchev–Trinajstić information content (AvgIpc) is 2.55. The molecule has 1 aromatic carbocycles. The summed E-state index contributed by atoms with van der Waals surface area (Å²) in [6.45, 7) is 1.42. The van der Waals surface area contributed by atoms with E-state index in [4.69, 9.17) is 23.2 Å². The van der Waals surface area contributed by atoms with E-state index < -0.39 is 6.04 Å². The fourth-order valence-electron chi connectivity index (χ4n) is 2.83. The van der Waals surface area contributed by atoms with Crippen LogP contribution in [-0.2, 0) is 4.79 Å². The lowest BCUT2D eigenvalue weighted by atomic mass is 9.95. The van der Waals surface area contributed by atoms with E-state index in [1.54, 1.807) is 24.5 Å². The number of benzene rings is 1. The van der Waals surface area contributed by atoms with Crippen LogP contribution in [0, 0.1) is 5.92 Å². The summed E-state index contributed by atoms with van der Waals surface area (Å²) in [5.74, 6) is -0.165. The first kappa shape index (κ1) is 17.0. The lowest BCUT2D eigenvalue weighted by Crippen LogP contribution is -2.52. The highest BCUT2D eigenvalue weighted by molar-refractivity contribution is 6.42. The van der Waals surface area contributed by atoms with Gasteiger partial charge in [-0.05, 0) is 36.9 Å². The Hall–Kier alpha value is -1.82. The van der Waals surface area contributed by atoms with Crippen molar-refractivity contribution in [2.45, 2.75) is 6.04 Å². The fourth-order valence-corrected chi connectivity index (χ4v) is 3.27. The summed E-state index contributed by atoms with van der Waals surface area (Å²) in [5, 5.41) is 13.8. The molecule has 1 aromatic heterocycles. The molecule has 2 heterocycles. The van der Waals surface area contributed by atoms with Gasteiger partial charge in [-0.15, -0.1) is 0 Å². The second-order valence-electron chi connectivity index (χ2n) is 5.93. The SMILES string of the molecule is CN1CC(C(=O)N[C@H](c2ccncc2)c2c(O)ccc(Cl)c2Cl)C1. The number of carbonyl (C=O) groups excluding carboxylic acids is 1. The Morgan fingerprint density at radius 2 is 1.96 bits per heavy atom. The van der Waals surface area contributed by atoms with Crippen LogP contribution in [0.4, 0.5) is 0 Å². The maximum absolute atomic E-state index is 12.5. The first-order chi connectivity index (χ1) is 11.5. The summed E-state index contributed by atoms with van der Waals surface area (Å²) in [4.78, 5) is 18.6. The Morgan fingerprint density at radius 3 is 2.58 bits per heavy atom. The van der Waals surface area contributed by atoms with Crippen molar-refractivity contribution in [2.75, 3.05) is 20.1 Å². The molecule has 1 aliphatic heterocycles. The van der Waals surface area contributed by atoms with Crippen molar-refractivity contribution >= 4 is 29.1 Å². The molecule has 0 unspecified atom stereocenters. The van der Waals surface area contributed by atoms with Crippen LogP contribution in [0.15, 0.2) is 36.7 Å². The molecule has 7 heteroatoms. The van der Waals surface area contributed by atoms with Crippen LogP contribution in [-0.4, -0.2) is 41.0 Å². The number of hydrogen-bond donors (Lipinski definition) is 2. The first-order valence-electron chi connectivity index (χ1n) is 7.53. The van der Waals surface area contributed by atoms with Gasteiger partial charge in [0.2, 0.25) is 5.91 Å². The topological polar surface area (TPSA) is 65.5 Å². The molecule has 0 bridgehead atoms. The third kappa shape index (κ3) is 3.34. The largest absolute Gasteiger partial charge is 0.508 e. The third-order valence-corrected chi connectivity index (χ3v) is 4.98. The lowest BCUT2D eigenvalue weighted by molar-refractivity contribution is -0.130. The van der Waals surface area contributed by atoms with E-state index in [0.717, 1.165) is 5.56 Å². The van der Waals surface area contributed by atoms with Gasteiger partial charge in [0, 0.05) is 31.0 Å². The van der Waals surface area contributed by atoms with Crippen molar-refractivity contribution in [3.05, 3.63) is 57.8 Å². The summed E-state index contributed by atoms with van der Waals surface area (Å²) in [6, 6.07) is 5.94. The van der Waals surface area contributed by atoms with Crippen molar-refractivity contribution in [1.82, 2.24) is 15.2 Å². The Balaban J connectivity index is 1.97. The normalized spacial score (nSPS) is 16.5. The molecule has 1 amide bonds. The molecule has 0 radical (unpaired) electrons. The van der Waals surface area contributed by atoms with E-state index in [2.05, 4.69) is 15.2 Å². The highest BCUT2D eigenvalue weighted by Crippen LogP contribution is 2.39. The number of nitrogens with zero attached hydrogens (tertiary/aromatic N) is 2. The molecule has 126 valence electrons. The average molecular weight is 366 g/mol. The minimum Gasteiger partial charge on any atom is -0.508 e. The number of nitrogens with one attached hydrogen (secondary N) is 1. The van der Waals surface area contributed by atoms with Crippen LogP contribution in [0.2, 0.25) is 10.0 Å². The fraction of sp³-hybridized carbons (Fsp3) is 0.294. The molecule has 1 saturated heterocycles. The van der Waals surface area contributed by atoms with Gasteiger partial charge in [0.15, 0.2) is 0 Å². The van der Waals surface area contributed by atoms with Crippen LogP contribution >= 0.6 is 23.2 Å². The molecule has 0 aliphatic carbocycles. The van der Waals surface area contributed by atoms with Gasteiger partial charge in [-0.25, -0.2) is 0 Å². The van der Waals surface area contributed by atoms with E-state index >= 15 is 0 Å². The summed E-state index contributed by atoms with van der Waals surface area (Å²) in [7, 11) is 1.96. The van der Waals surface area contributed by atoms with E-state index in [1.165, 1.54) is 12.1 Å². The van der Waals surface area contributed by atoms with Crippen LogP contribution in [0.25, 0.3) is 0 Å². The van der Waals surface area contributed by atoms with Crippen LogP contribution < -0.4 is 5.32 Å². The van der Waals surface area contributed by atoms with E-state index in [0.29, 0.717) is 23.7 Å². The number of aromatic nitrogens is 1. The minimum absolute atomic E-state index is 0.0164. The van der Waals surface area contributed by atoms with Gasteiger partial charge < -0.3 is 15.3 Å².